The third-order valence-electron chi connectivity index (χ3n) is 3.46. The Morgan fingerprint density at radius 1 is 1.35 bits per heavy atom. The first kappa shape index (κ1) is 12.8. The lowest BCUT2D eigenvalue weighted by molar-refractivity contribution is -0.125. The number of nitrogens with one attached hydrogen (secondary N) is 1. The predicted octanol–water partition coefficient (Wildman–Crippen LogP) is 1.84. The number of nitrogens with zero attached hydrogens (tertiary/aromatic N) is 3. The lowest BCUT2D eigenvalue weighted by Gasteiger charge is -2.07. The lowest BCUT2D eigenvalue weighted by Crippen LogP contribution is -2.28. The van der Waals surface area contributed by atoms with Gasteiger partial charge in [0.1, 0.15) is 5.76 Å². The summed E-state index contributed by atoms with van der Waals surface area (Å²) < 4.78 is 10.0. The fourth-order valence-electron chi connectivity index (χ4n) is 2.40. The van der Waals surface area contributed by atoms with Gasteiger partial charge in [0.15, 0.2) is 5.69 Å². The third kappa shape index (κ3) is 2.71. The van der Waals surface area contributed by atoms with Crippen molar-refractivity contribution in [2.75, 3.05) is 0 Å². The topological polar surface area (TPSA) is 94.1 Å². The first-order valence-electron chi connectivity index (χ1n) is 6.76. The highest BCUT2D eigenvalue weighted by Gasteiger charge is 2.23. The van der Waals surface area contributed by atoms with E-state index >= 15 is 0 Å². The Morgan fingerprint density at radius 3 is 2.85 bits per heavy atom. The summed E-state index contributed by atoms with van der Waals surface area (Å²) in [5, 5.41) is 10.5. The molecule has 0 aromatic carbocycles. The van der Waals surface area contributed by atoms with Crippen molar-refractivity contribution in [1.29, 1.82) is 0 Å². The Balaban J connectivity index is 1.58. The van der Waals surface area contributed by atoms with Gasteiger partial charge in [-0.3, -0.25) is 4.79 Å². The zero-order valence-electron chi connectivity index (χ0n) is 11.3. The second-order valence-electron chi connectivity index (χ2n) is 5.03. The molecule has 7 nitrogen and oxygen atoms in total. The number of hydrogen-bond donors (Lipinski definition) is 1. The first-order chi connectivity index (χ1) is 9.72. The van der Waals surface area contributed by atoms with Crippen LogP contribution in [-0.4, -0.2) is 21.2 Å². The first-order valence-corrected chi connectivity index (χ1v) is 6.76. The molecule has 1 N–H and O–H groups in total. The van der Waals surface area contributed by atoms with Crippen LogP contribution in [0.3, 0.4) is 0 Å². The van der Waals surface area contributed by atoms with Crippen molar-refractivity contribution in [2.24, 2.45) is 5.92 Å². The molecular formula is C13H16N4O3. The van der Waals surface area contributed by atoms with Gasteiger partial charge in [0.05, 0.1) is 6.54 Å². The van der Waals surface area contributed by atoms with Crippen molar-refractivity contribution in [1.82, 2.24) is 20.6 Å². The van der Waals surface area contributed by atoms with Gasteiger partial charge in [-0.05, 0) is 19.8 Å². The maximum atomic E-state index is 11.9. The highest BCUT2D eigenvalue weighted by Crippen LogP contribution is 2.24. The molecule has 2 heterocycles. The van der Waals surface area contributed by atoms with Gasteiger partial charge in [-0.1, -0.05) is 23.2 Å². The molecular weight excluding hydrogens is 260 g/mol. The molecule has 2 aromatic rings. The number of aryl methyl sites for hydroxylation is 1. The van der Waals surface area contributed by atoms with E-state index in [4.69, 9.17) is 9.05 Å². The summed E-state index contributed by atoms with van der Waals surface area (Å²) in [4.78, 5) is 16.0. The smallest absolute Gasteiger partial charge is 0.246 e. The molecule has 1 amide bonds. The summed E-state index contributed by atoms with van der Waals surface area (Å²) in [6, 6.07) is 1.73. The van der Waals surface area contributed by atoms with Crippen LogP contribution in [0.1, 0.15) is 37.3 Å². The van der Waals surface area contributed by atoms with Crippen LogP contribution in [-0.2, 0) is 11.3 Å². The Kier molecular flexibility index (Phi) is 3.49. The highest BCUT2D eigenvalue weighted by atomic mass is 16.5. The number of carbonyl (C=O) groups excluding carboxylic acids is 1. The number of amides is 1. The van der Waals surface area contributed by atoms with Gasteiger partial charge in [0, 0.05) is 12.0 Å². The SMILES string of the molecule is Cc1cc(-c2noc(CNC(=O)C3CCCC3)n2)no1. The van der Waals surface area contributed by atoms with E-state index in [1.807, 2.05) is 0 Å². The molecule has 7 heteroatoms. The molecule has 0 saturated heterocycles. The molecule has 0 bridgehead atoms. The van der Waals surface area contributed by atoms with Crippen LogP contribution < -0.4 is 5.32 Å². The summed E-state index contributed by atoms with van der Waals surface area (Å²) in [5.41, 5.74) is 0.527. The summed E-state index contributed by atoms with van der Waals surface area (Å²) in [6.07, 6.45) is 4.21. The van der Waals surface area contributed by atoms with Gasteiger partial charge in [0.25, 0.3) is 0 Å². The van der Waals surface area contributed by atoms with E-state index in [0.29, 0.717) is 23.2 Å². The quantitative estimate of drug-likeness (QED) is 0.915. The molecule has 3 rings (SSSR count). The van der Waals surface area contributed by atoms with Crippen molar-refractivity contribution in [3.05, 3.63) is 17.7 Å². The van der Waals surface area contributed by atoms with E-state index in [9.17, 15) is 4.79 Å². The molecule has 2 aromatic heterocycles. The molecule has 106 valence electrons. The number of carbonyl (C=O) groups is 1. The lowest BCUT2D eigenvalue weighted by atomic mass is 10.1. The monoisotopic (exact) mass is 276 g/mol. The van der Waals surface area contributed by atoms with E-state index < -0.39 is 0 Å². The Labute approximate surface area is 115 Å². The van der Waals surface area contributed by atoms with E-state index in [1.54, 1.807) is 13.0 Å². The van der Waals surface area contributed by atoms with Crippen LogP contribution in [0.2, 0.25) is 0 Å². The van der Waals surface area contributed by atoms with Crippen LogP contribution in [0, 0.1) is 12.8 Å². The fourth-order valence-corrected chi connectivity index (χ4v) is 2.40. The number of rotatable bonds is 4. The molecule has 0 spiro atoms. The summed E-state index contributed by atoms with van der Waals surface area (Å²) in [5.74, 6) is 1.62. The fraction of sp³-hybridized carbons (Fsp3) is 0.538. The maximum Gasteiger partial charge on any atom is 0.246 e. The van der Waals surface area contributed by atoms with E-state index in [2.05, 4.69) is 20.6 Å². The van der Waals surface area contributed by atoms with Gasteiger partial charge in [0.2, 0.25) is 17.6 Å². The minimum Gasteiger partial charge on any atom is -0.361 e. The second-order valence-corrected chi connectivity index (χ2v) is 5.03. The highest BCUT2D eigenvalue weighted by molar-refractivity contribution is 5.78. The van der Waals surface area contributed by atoms with Crippen LogP contribution in [0.4, 0.5) is 0 Å². The molecule has 20 heavy (non-hydrogen) atoms. The zero-order valence-corrected chi connectivity index (χ0v) is 11.3. The number of aromatic nitrogens is 3. The third-order valence-corrected chi connectivity index (χ3v) is 3.46. The van der Waals surface area contributed by atoms with Crippen molar-refractivity contribution < 1.29 is 13.8 Å². The minimum absolute atomic E-state index is 0.0690. The van der Waals surface area contributed by atoms with Crippen LogP contribution in [0.25, 0.3) is 11.5 Å². The summed E-state index contributed by atoms with van der Waals surface area (Å²) >= 11 is 0. The van der Waals surface area contributed by atoms with Gasteiger partial charge < -0.3 is 14.4 Å². The zero-order chi connectivity index (χ0) is 13.9. The molecule has 1 fully saturated rings. The normalized spacial score (nSPS) is 15.7. The Bertz CT molecular complexity index is 598. The van der Waals surface area contributed by atoms with Gasteiger partial charge in [-0.25, -0.2) is 0 Å². The van der Waals surface area contributed by atoms with E-state index in [0.717, 1.165) is 25.7 Å². The van der Waals surface area contributed by atoms with Crippen LogP contribution >= 0.6 is 0 Å². The standard InChI is InChI=1S/C13H16N4O3/c1-8-6-10(16-19-8)12-15-11(20-17-12)7-14-13(18)9-4-2-3-5-9/h6,9H,2-5,7H2,1H3,(H,14,18). The van der Waals surface area contributed by atoms with Crippen molar-refractivity contribution in [3.63, 3.8) is 0 Å². The second kappa shape index (κ2) is 5.44. The van der Waals surface area contributed by atoms with Gasteiger partial charge >= 0.3 is 0 Å². The minimum atomic E-state index is 0.0690. The molecule has 0 aliphatic heterocycles. The Hall–Kier alpha value is -2.18. The molecule has 0 radical (unpaired) electrons. The molecule has 1 aliphatic carbocycles. The Morgan fingerprint density at radius 2 is 2.15 bits per heavy atom. The number of hydrogen-bond acceptors (Lipinski definition) is 6. The van der Waals surface area contributed by atoms with E-state index in [1.165, 1.54) is 0 Å². The maximum absolute atomic E-state index is 11.9. The summed E-state index contributed by atoms with van der Waals surface area (Å²) in [6.45, 7) is 2.04. The van der Waals surface area contributed by atoms with Gasteiger partial charge in [-0.2, -0.15) is 4.98 Å². The molecule has 0 atom stereocenters. The summed E-state index contributed by atoms with van der Waals surface area (Å²) in [7, 11) is 0. The predicted molar refractivity (Wildman–Crippen MR) is 68.3 cm³/mol. The van der Waals surface area contributed by atoms with Gasteiger partial charge in [-0.15, -0.1) is 0 Å². The average Bonchev–Trinajstić information content (AvgIpc) is 3.16. The van der Waals surface area contributed by atoms with Crippen LogP contribution in [0.15, 0.2) is 15.1 Å². The van der Waals surface area contributed by atoms with Crippen molar-refractivity contribution in [2.45, 2.75) is 39.2 Å². The van der Waals surface area contributed by atoms with Crippen molar-refractivity contribution in [3.8, 4) is 11.5 Å². The average molecular weight is 276 g/mol. The molecule has 1 saturated carbocycles. The molecule has 1 aliphatic rings. The molecule has 0 unspecified atom stereocenters. The van der Waals surface area contributed by atoms with E-state index in [-0.39, 0.29) is 18.4 Å². The van der Waals surface area contributed by atoms with Crippen LogP contribution in [0.5, 0.6) is 0 Å². The van der Waals surface area contributed by atoms with Crippen molar-refractivity contribution >= 4 is 5.91 Å². The largest absolute Gasteiger partial charge is 0.361 e.